The quantitative estimate of drug-likeness (QED) is 0.551. The van der Waals surface area contributed by atoms with Crippen LogP contribution in [-0.4, -0.2) is 57.5 Å². The average Bonchev–Trinajstić information content (AvgIpc) is 3.13. The summed E-state index contributed by atoms with van der Waals surface area (Å²) in [5, 5.41) is 33.4. The van der Waals surface area contributed by atoms with E-state index in [4.69, 9.17) is 0 Å². The van der Waals surface area contributed by atoms with Gasteiger partial charge in [-0.05, 0) is 112 Å². The van der Waals surface area contributed by atoms with Gasteiger partial charge in [-0.3, -0.25) is 4.79 Å². The van der Waals surface area contributed by atoms with Crippen molar-refractivity contribution in [1.29, 1.82) is 0 Å². The molecule has 4 aliphatic carbocycles. The van der Waals surface area contributed by atoms with Crippen LogP contribution in [0.2, 0.25) is 0 Å². The summed E-state index contributed by atoms with van der Waals surface area (Å²) in [4.78, 5) is 14.5. The van der Waals surface area contributed by atoms with Gasteiger partial charge in [-0.2, -0.15) is 0 Å². The van der Waals surface area contributed by atoms with Crippen molar-refractivity contribution in [3.63, 3.8) is 0 Å². The van der Waals surface area contributed by atoms with Gasteiger partial charge in [0.2, 0.25) is 5.91 Å². The molecule has 4 aliphatic rings. The molecule has 0 spiro atoms. The topological polar surface area (TPSA) is 81.0 Å². The number of aliphatic hydroxyl groups is 3. The molecule has 4 saturated carbocycles. The Morgan fingerprint density at radius 3 is 2.36 bits per heavy atom. The molecule has 190 valence electrons. The van der Waals surface area contributed by atoms with Crippen molar-refractivity contribution in [2.75, 3.05) is 13.1 Å². The molecule has 11 atom stereocenters. The van der Waals surface area contributed by atoms with Crippen LogP contribution >= 0.6 is 0 Å². The summed E-state index contributed by atoms with van der Waals surface area (Å²) in [5.41, 5.74) is -0.0670. The van der Waals surface area contributed by atoms with E-state index in [1.807, 2.05) is 18.7 Å². The molecular formula is C28H49NO4. The number of carbonyl (C=O) groups excluding carboxylic acids is 1. The Balaban J connectivity index is 1.52. The summed E-state index contributed by atoms with van der Waals surface area (Å²) in [7, 11) is 0. The van der Waals surface area contributed by atoms with Crippen LogP contribution < -0.4 is 0 Å². The van der Waals surface area contributed by atoms with Crippen LogP contribution in [0, 0.1) is 46.3 Å². The van der Waals surface area contributed by atoms with Crippen molar-refractivity contribution in [2.45, 2.75) is 111 Å². The van der Waals surface area contributed by atoms with E-state index in [2.05, 4.69) is 20.8 Å². The summed E-state index contributed by atoms with van der Waals surface area (Å²) in [6.07, 6.45) is 6.96. The van der Waals surface area contributed by atoms with Gasteiger partial charge in [0.25, 0.3) is 0 Å². The van der Waals surface area contributed by atoms with E-state index in [0.717, 1.165) is 64.5 Å². The summed E-state index contributed by atoms with van der Waals surface area (Å²) < 4.78 is 0. The molecule has 0 aromatic heterocycles. The fraction of sp³-hybridized carbons (Fsp3) is 0.964. The largest absolute Gasteiger partial charge is 0.393 e. The van der Waals surface area contributed by atoms with Crippen LogP contribution in [0.1, 0.15) is 92.4 Å². The number of hydrogen-bond acceptors (Lipinski definition) is 4. The molecule has 5 heteroatoms. The van der Waals surface area contributed by atoms with E-state index in [1.54, 1.807) is 0 Å². The number of amides is 1. The molecule has 0 aromatic carbocycles. The highest BCUT2D eigenvalue weighted by molar-refractivity contribution is 5.76. The normalized spacial score (nSPS) is 47.9. The molecule has 5 nitrogen and oxygen atoms in total. The standard InChI is InChI=1S/C28H49NO4/c1-6-29(7-2)25(33)11-8-17(3)20-9-10-21-26-22(16-24(32)28(20,21)5)27(4)13-12-19(30)14-18(27)15-23(26)31/h17-24,26,30-32H,6-16H2,1-5H3/t17-,18+,19-,20-,21+,22+,23-,24+,26+,27+,28-/m1/s1. The van der Waals surface area contributed by atoms with E-state index in [0.29, 0.717) is 36.0 Å². The van der Waals surface area contributed by atoms with Gasteiger partial charge < -0.3 is 20.2 Å². The highest BCUT2D eigenvalue weighted by Gasteiger charge is 2.65. The lowest BCUT2D eigenvalue weighted by atomic mass is 9.43. The van der Waals surface area contributed by atoms with Crippen LogP contribution in [0.5, 0.6) is 0 Å². The van der Waals surface area contributed by atoms with E-state index in [9.17, 15) is 20.1 Å². The van der Waals surface area contributed by atoms with Gasteiger partial charge in [-0.15, -0.1) is 0 Å². The summed E-state index contributed by atoms with van der Waals surface area (Å²) in [6.45, 7) is 12.6. The predicted octanol–water partition coefficient (Wildman–Crippen LogP) is 4.23. The maximum Gasteiger partial charge on any atom is 0.222 e. The molecule has 0 aliphatic heterocycles. The molecule has 0 unspecified atom stereocenters. The van der Waals surface area contributed by atoms with Gasteiger partial charge in [-0.25, -0.2) is 0 Å². The van der Waals surface area contributed by atoms with E-state index < -0.39 is 0 Å². The first-order valence-electron chi connectivity index (χ1n) is 13.9. The Morgan fingerprint density at radius 1 is 1.00 bits per heavy atom. The van der Waals surface area contributed by atoms with Crippen molar-refractivity contribution in [2.24, 2.45) is 46.3 Å². The fourth-order valence-corrected chi connectivity index (χ4v) is 9.42. The zero-order valence-electron chi connectivity index (χ0n) is 21.7. The van der Waals surface area contributed by atoms with Crippen molar-refractivity contribution >= 4 is 5.91 Å². The second-order valence-corrected chi connectivity index (χ2v) is 12.6. The monoisotopic (exact) mass is 463 g/mol. The molecule has 33 heavy (non-hydrogen) atoms. The number of rotatable bonds is 6. The number of carbonyl (C=O) groups is 1. The number of hydrogen-bond donors (Lipinski definition) is 3. The summed E-state index contributed by atoms with van der Waals surface area (Å²) in [6, 6.07) is 0. The Hall–Kier alpha value is -0.650. The van der Waals surface area contributed by atoms with Gasteiger partial charge in [0.1, 0.15) is 0 Å². The Kier molecular flexibility index (Phi) is 7.27. The van der Waals surface area contributed by atoms with Crippen LogP contribution in [0.3, 0.4) is 0 Å². The van der Waals surface area contributed by atoms with Gasteiger partial charge in [-0.1, -0.05) is 20.8 Å². The highest BCUT2D eigenvalue weighted by atomic mass is 16.3. The highest BCUT2D eigenvalue weighted by Crippen LogP contribution is 2.68. The Morgan fingerprint density at radius 2 is 1.70 bits per heavy atom. The first-order valence-corrected chi connectivity index (χ1v) is 13.9. The molecule has 3 N–H and O–H groups in total. The number of fused-ring (bicyclic) bond motifs is 5. The van der Waals surface area contributed by atoms with Gasteiger partial charge in [0, 0.05) is 19.5 Å². The molecule has 1 amide bonds. The van der Waals surface area contributed by atoms with Crippen LogP contribution in [0.25, 0.3) is 0 Å². The molecule has 0 aromatic rings. The predicted molar refractivity (Wildman–Crippen MR) is 130 cm³/mol. The van der Waals surface area contributed by atoms with Crippen LogP contribution in [-0.2, 0) is 4.79 Å². The fourth-order valence-electron chi connectivity index (χ4n) is 9.42. The third-order valence-electron chi connectivity index (χ3n) is 11.5. The molecule has 4 rings (SSSR count). The average molecular weight is 464 g/mol. The minimum Gasteiger partial charge on any atom is -0.393 e. The minimum atomic E-state index is -0.355. The molecule has 4 fully saturated rings. The Bertz CT molecular complexity index is 710. The first kappa shape index (κ1) is 25.4. The maximum atomic E-state index is 12.6. The molecule has 0 saturated heterocycles. The van der Waals surface area contributed by atoms with Crippen LogP contribution in [0.15, 0.2) is 0 Å². The molecular weight excluding hydrogens is 414 g/mol. The van der Waals surface area contributed by atoms with Gasteiger partial charge >= 0.3 is 0 Å². The second-order valence-electron chi connectivity index (χ2n) is 12.6. The smallest absolute Gasteiger partial charge is 0.222 e. The third-order valence-corrected chi connectivity index (χ3v) is 11.5. The Labute approximate surface area is 201 Å². The van der Waals surface area contributed by atoms with Gasteiger partial charge in [0.05, 0.1) is 18.3 Å². The molecule has 0 heterocycles. The van der Waals surface area contributed by atoms with Crippen molar-refractivity contribution in [1.82, 2.24) is 4.90 Å². The maximum absolute atomic E-state index is 12.6. The zero-order valence-corrected chi connectivity index (χ0v) is 21.7. The zero-order chi connectivity index (χ0) is 24.1. The van der Waals surface area contributed by atoms with E-state index in [1.165, 1.54) is 0 Å². The minimum absolute atomic E-state index is 0.116. The third kappa shape index (κ3) is 4.08. The number of nitrogens with zero attached hydrogens (tertiary/aromatic N) is 1. The second kappa shape index (κ2) is 9.43. The number of aliphatic hydroxyl groups excluding tert-OH is 3. The van der Waals surface area contributed by atoms with Gasteiger partial charge in [0.15, 0.2) is 0 Å². The SMILES string of the molecule is CCN(CC)C(=O)CC[C@@H](C)[C@H]1CC[C@H]2[C@@H]3[C@H](O)C[C@@H]4C[C@H](O)CC[C@]4(C)[C@H]3C[C@H](O)[C@]12C. The first-order chi connectivity index (χ1) is 15.6. The van der Waals surface area contributed by atoms with E-state index >= 15 is 0 Å². The summed E-state index contributed by atoms with van der Waals surface area (Å²) >= 11 is 0. The molecule has 0 radical (unpaired) electrons. The lowest BCUT2D eigenvalue weighted by Gasteiger charge is -2.63. The van der Waals surface area contributed by atoms with Crippen LogP contribution in [0.4, 0.5) is 0 Å². The van der Waals surface area contributed by atoms with E-state index in [-0.39, 0.29) is 41.0 Å². The lowest BCUT2D eigenvalue weighted by molar-refractivity contribution is -0.207. The summed E-state index contributed by atoms with van der Waals surface area (Å²) in [5.74, 6) is 2.33. The lowest BCUT2D eigenvalue weighted by Crippen LogP contribution is -2.62. The van der Waals surface area contributed by atoms with Crippen molar-refractivity contribution in [3.05, 3.63) is 0 Å². The van der Waals surface area contributed by atoms with Crippen molar-refractivity contribution in [3.8, 4) is 0 Å². The van der Waals surface area contributed by atoms with Crippen molar-refractivity contribution < 1.29 is 20.1 Å². The molecule has 0 bridgehead atoms.